The molecule has 1 unspecified atom stereocenters. The zero-order chi connectivity index (χ0) is 7.28. The molecule has 0 aromatic heterocycles. The first-order chi connectivity index (χ1) is 4.22. The number of carbonyl (C=O) groups excluding carboxylic acids is 1. The Bertz CT molecular complexity index is 116. The molecule has 1 amide bonds. The van der Waals surface area contributed by atoms with Gasteiger partial charge in [0.25, 0.3) is 11.3 Å². The molecule has 54 valence electrons. The molecule has 0 heterocycles. The maximum absolute atomic E-state index is 10.1. The second kappa shape index (κ2) is 4.46. The summed E-state index contributed by atoms with van der Waals surface area (Å²) >= 11 is -2.14. The lowest BCUT2D eigenvalue weighted by molar-refractivity contribution is -0.114. The van der Waals surface area contributed by atoms with Gasteiger partial charge in [0.2, 0.25) is 6.41 Å². The molecule has 0 bridgehead atoms. The van der Waals surface area contributed by atoms with Crippen molar-refractivity contribution in [2.24, 2.45) is 0 Å². The van der Waals surface area contributed by atoms with Gasteiger partial charge in [0, 0.05) is 6.54 Å². The van der Waals surface area contributed by atoms with Crippen LogP contribution in [-0.2, 0) is 16.1 Å². The van der Waals surface area contributed by atoms with Gasteiger partial charge >= 0.3 is 0 Å². The summed E-state index contributed by atoms with van der Waals surface area (Å²) < 4.78 is 19.3. The van der Waals surface area contributed by atoms with Crippen molar-refractivity contribution in [3.63, 3.8) is 0 Å². The summed E-state index contributed by atoms with van der Waals surface area (Å²) in [7, 11) is 0. The molecule has 0 fully saturated rings. The van der Waals surface area contributed by atoms with E-state index in [1.807, 2.05) is 6.92 Å². The van der Waals surface area contributed by atoms with Gasteiger partial charge in [0.1, 0.15) is 0 Å². The first kappa shape index (κ1) is 8.58. The van der Waals surface area contributed by atoms with Crippen LogP contribution in [0.15, 0.2) is 0 Å². The van der Waals surface area contributed by atoms with Gasteiger partial charge < -0.3 is 0 Å². The van der Waals surface area contributed by atoms with Gasteiger partial charge in [0.05, 0.1) is 0 Å². The average Bonchev–Trinajstić information content (AvgIpc) is 1.82. The zero-order valence-electron chi connectivity index (χ0n) is 5.11. The van der Waals surface area contributed by atoms with Gasteiger partial charge in [-0.15, -0.1) is 0 Å². The van der Waals surface area contributed by atoms with Crippen LogP contribution in [0.2, 0.25) is 0 Å². The van der Waals surface area contributed by atoms with E-state index in [1.165, 1.54) is 0 Å². The quantitative estimate of drug-likeness (QED) is 0.454. The van der Waals surface area contributed by atoms with Gasteiger partial charge in [-0.05, 0) is 6.42 Å². The van der Waals surface area contributed by atoms with Crippen LogP contribution >= 0.6 is 0 Å². The highest BCUT2D eigenvalue weighted by Gasteiger charge is 2.03. The fourth-order valence-electron chi connectivity index (χ4n) is 0.388. The molecule has 0 aliphatic rings. The summed E-state index contributed by atoms with van der Waals surface area (Å²) in [5.74, 6) is 0. The van der Waals surface area contributed by atoms with Crippen LogP contribution in [-0.4, -0.2) is 26.0 Å². The highest BCUT2D eigenvalue weighted by Crippen LogP contribution is 1.88. The standard InChI is InChI=1S/C4H9NO3S/c1-2-3-5(4-6)9(7)8/h4H,2-3H2,1H3,(H,7,8). The molecule has 0 aromatic rings. The second-order valence-electron chi connectivity index (χ2n) is 1.48. The van der Waals surface area contributed by atoms with Crippen molar-refractivity contribution in [3.05, 3.63) is 0 Å². The Hall–Kier alpha value is -0.420. The first-order valence-electron chi connectivity index (χ1n) is 2.55. The highest BCUT2D eigenvalue weighted by molar-refractivity contribution is 7.77. The summed E-state index contributed by atoms with van der Waals surface area (Å²) in [6.45, 7) is 2.15. The number of nitrogens with zero attached hydrogens (tertiary/aromatic N) is 1. The molecule has 4 nitrogen and oxygen atoms in total. The van der Waals surface area contributed by atoms with Gasteiger partial charge in [-0.25, -0.2) is 8.51 Å². The van der Waals surface area contributed by atoms with Crippen LogP contribution in [0.25, 0.3) is 0 Å². The maximum Gasteiger partial charge on any atom is 0.263 e. The monoisotopic (exact) mass is 151 g/mol. The zero-order valence-corrected chi connectivity index (χ0v) is 5.93. The average molecular weight is 151 g/mol. The molecule has 0 spiro atoms. The molecular weight excluding hydrogens is 142 g/mol. The number of amides is 1. The van der Waals surface area contributed by atoms with Gasteiger partial charge in [-0.2, -0.15) is 0 Å². The van der Waals surface area contributed by atoms with Gasteiger partial charge in [-0.1, -0.05) is 6.92 Å². The summed E-state index contributed by atoms with van der Waals surface area (Å²) in [6, 6.07) is 0. The van der Waals surface area contributed by atoms with Crippen molar-refractivity contribution in [3.8, 4) is 0 Å². The van der Waals surface area contributed by atoms with Crippen LogP contribution in [0.5, 0.6) is 0 Å². The third kappa shape index (κ3) is 3.21. The minimum Gasteiger partial charge on any atom is -0.289 e. The molecule has 0 saturated carbocycles. The van der Waals surface area contributed by atoms with E-state index < -0.39 is 11.3 Å². The predicted octanol–water partition coefficient (Wildman–Crippen LogP) is -0.00850. The Morgan fingerprint density at radius 1 is 1.78 bits per heavy atom. The Kier molecular flexibility index (Phi) is 4.25. The number of carbonyl (C=O) groups is 1. The first-order valence-corrected chi connectivity index (χ1v) is 3.61. The molecule has 0 saturated heterocycles. The third-order valence-electron chi connectivity index (χ3n) is 0.762. The normalized spacial score (nSPS) is 12.7. The van der Waals surface area contributed by atoms with E-state index in [1.54, 1.807) is 0 Å². The molecule has 0 rings (SSSR count). The number of hydrogen-bond acceptors (Lipinski definition) is 2. The molecule has 1 N–H and O–H groups in total. The molecule has 0 aliphatic carbocycles. The van der Waals surface area contributed by atoms with Crippen molar-refractivity contribution >= 4 is 17.7 Å². The second-order valence-corrected chi connectivity index (χ2v) is 2.41. The van der Waals surface area contributed by atoms with Crippen molar-refractivity contribution in [1.29, 1.82) is 0 Å². The summed E-state index contributed by atoms with van der Waals surface area (Å²) in [4.78, 5) is 9.91. The fraction of sp³-hybridized carbons (Fsp3) is 0.750. The molecule has 1 atom stereocenters. The lowest BCUT2D eigenvalue weighted by Crippen LogP contribution is -2.24. The van der Waals surface area contributed by atoms with E-state index in [2.05, 4.69) is 0 Å². The van der Waals surface area contributed by atoms with E-state index >= 15 is 0 Å². The lowest BCUT2D eigenvalue weighted by Gasteiger charge is -2.08. The Labute approximate surface area is 56.3 Å². The largest absolute Gasteiger partial charge is 0.289 e. The molecule has 0 radical (unpaired) electrons. The fourth-order valence-corrected chi connectivity index (χ4v) is 0.800. The van der Waals surface area contributed by atoms with Crippen molar-refractivity contribution in [2.45, 2.75) is 13.3 Å². The predicted molar refractivity (Wildman–Crippen MR) is 33.8 cm³/mol. The Morgan fingerprint density at radius 3 is 2.44 bits per heavy atom. The van der Waals surface area contributed by atoms with Crippen molar-refractivity contribution in [1.82, 2.24) is 4.31 Å². The number of hydrogen-bond donors (Lipinski definition) is 1. The minimum absolute atomic E-state index is 0.326. The van der Waals surface area contributed by atoms with Gasteiger partial charge in [-0.3, -0.25) is 9.35 Å². The smallest absolute Gasteiger partial charge is 0.263 e. The SMILES string of the molecule is CCCN(C=O)S(=O)O. The van der Waals surface area contributed by atoms with E-state index in [0.29, 0.717) is 19.4 Å². The molecular formula is C4H9NO3S. The maximum atomic E-state index is 10.1. The minimum atomic E-state index is -2.14. The van der Waals surface area contributed by atoms with Crippen molar-refractivity contribution < 1.29 is 13.6 Å². The van der Waals surface area contributed by atoms with E-state index in [9.17, 15) is 9.00 Å². The summed E-state index contributed by atoms with van der Waals surface area (Å²) in [6.07, 6.45) is 1.05. The highest BCUT2D eigenvalue weighted by atomic mass is 32.2. The van der Waals surface area contributed by atoms with Crippen LogP contribution in [0.4, 0.5) is 0 Å². The Morgan fingerprint density at radius 2 is 2.33 bits per heavy atom. The summed E-state index contributed by atoms with van der Waals surface area (Å²) in [5, 5.41) is 0. The van der Waals surface area contributed by atoms with Crippen LogP contribution < -0.4 is 0 Å². The van der Waals surface area contributed by atoms with Gasteiger partial charge in [0.15, 0.2) is 0 Å². The topological polar surface area (TPSA) is 57.6 Å². The van der Waals surface area contributed by atoms with E-state index in [0.717, 1.165) is 4.31 Å². The summed E-state index contributed by atoms with van der Waals surface area (Å²) in [5.41, 5.74) is 0. The van der Waals surface area contributed by atoms with E-state index in [-0.39, 0.29) is 0 Å². The molecule has 9 heavy (non-hydrogen) atoms. The molecule has 0 aliphatic heterocycles. The van der Waals surface area contributed by atoms with Crippen LogP contribution in [0.1, 0.15) is 13.3 Å². The third-order valence-corrected chi connectivity index (χ3v) is 1.43. The molecule has 0 aromatic carbocycles. The Balaban J connectivity index is 3.68. The van der Waals surface area contributed by atoms with E-state index in [4.69, 9.17) is 4.55 Å². The molecule has 5 heteroatoms. The van der Waals surface area contributed by atoms with Crippen molar-refractivity contribution in [2.75, 3.05) is 6.54 Å². The lowest BCUT2D eigenvalue weighted by atomic mass is 10.5. The number of rotatable bonds is 4. The van der Waals surface area contributed by atoms with Crippen LogP contribution in [0.3, 0.4) is 0 Å². The van der Waals surface area contributed by atoms with Crippen LogP contribution in [0, 0.1) is 0 Å².